The monoisotopic (exact) mass is 504 g/mol. The molecule has 13 heteroatoms. The molecule has 3 aromatic rings. The molecule has 0 unspecified atom stereocenters. The third-order valence-corrected chi connectivity index (χ3v) is 5.62. The van der Waals surface area contributed by atoms with Crippen LogP contribution in [-0.2, 0) is 0 Å². The van der Waals surface area contributed by atoms with E-state index in [0.717, 1.165) is 32.4 Å². The maximum absolute atomic E-state index is 13.2. The zero-order valence-electron chi connectivity index (χ0n) is 17.7. The Morgan fingerprint density at radius 3 is 2.44 bits per heavy atom. The SMILES string of the molecule is O=[N+]([O-])c1cc(C=NNc2nc(Nc3ccc(F)cc3)nc(N3CCCCC3)n2)c(Cl)cc1Cl. The minimum absolute atomic E-state index is 0.0692. The maximum atomic E-state index is 13.2. The number of aromatic nitrogens is 3. The van der Waals surface area contributed by atoms with Gasteiger partial charge in [-0.1, -0.05) is 23.2 Å². The molecule has 0 bridgehead atoms. The summed E-state index contributed by atoms with van der Waals surface area (Å²) < 4.78 is 13.2. The van der Waals surface area contributed by atoms with E-state index in [4.69, 9.17) is 23.2 Å². The lowest BCUT2D eigenvalue weighted by Gasteiger charge is -2.26. The number of hydrazone groups is 1. The van der Waals surface area contributed by atoms with Crippen molar-refractivity contribution < 1.29 is 9.31 Å². The van der Waals surface area contributed by atoms with Crippen molar-refractivity contribution in [2.24, 2.45) is 5.10 Å². The Morgan fingerprint density at radius 2 is 1.74 bits per heavy atom. The fraction of sp³-hybridized carbons (Fsp3) is 0.238. The van der Waals surface area contributed by atoms with Gasteiger partial charge < -0.3 is 10.2 Å². The third kappa shape index (κ3) is 5.86. The van der Waals surface area contributed by atoms with Gasteiger partial charge in [-0.2, -0.15) is 20.1 Å². The van der Waals surface area contributed by atoms with Crippen LogP contribution in [0.2, 0.25) is 10.0 Å². The Labute approximate surface area is 204 Å². The van der Waals surface area contributed by atoms with Gasteiger partial charge in [0.05, 0.1) is 16.2 Å². The molecule has 1 aliphatic rings. The molecule has 0 amide bonds. The average Bonchev–Trinajstić information content (AvgIpc) is 2.82. The third-order valence-electron chi connectivity index (χ3n) is 4.99. The number of nitro groups is 1. The molecule has 1 fully saturated rings. The molecule has 0 aliphatic carbocycles. The van der Waals surface area contributed by atoms with Crippen LogP contribution in [0.5, 0.6) is 0 Å². The largest absolute Gasteiger partial charge is 0.341 e. The molecule has 0 spiro atoms. The van der Waals surface area contributed by atoms with Crippen LogP contribution in [0.3, 0.4) is 0 Å². The zero-order valence-corrected chi connectivity index (χ0v) is 19.2. The Hall–Kier alpha value is -3.57. The predicted octanol–water partition coefficient (Wildman–Crippen LogP) is 5.41. The summed E-state index contributed by atoms with van der Waals surface area (Å²) in [7, 11) is 0. The van der Waals surface area contributed by atoms with E-state index in [9.17, 15) is 14.5 Å². The van der Waals surface area contributed by atoms with Crippen molar-refractivity contribution in [3.05, 3.63) is 67.9 Å². The molecule has 2 N–H and O–H groups in total. The highest BCUT2D eigenvalue weighted by Crippen LogP contribution is 2.30. The summed E-state index contributed by atoms with van der Waals surface area (Å²) in [6.07, 6.45) is 4.51. The number of hydrogen-bond acceptors (Lipinski definition) is 9. The molecule has 2 aromatic carbocycles. The van der Waals surface area contributed by atoms with Gasteiger partial charge in [0.15, 0.2) is 0 Å². The molecule has 0 atom stereocenters. The molecule has 4 rings (SSSR count). The number of nitrogens with zero attached hydrogens (tertiary/aromatic N) is 6. The number of anilines is 4. The van der Waals surface area contributed by atoms with Crippen LogP contribution in [0.15, 0.2) is 41.5 Å². The first-order valence-corrected chi connectivity index (χ1v) is 11.1. The standard InChI is InChI=1S/C21H19Cl2FN8O2/c22-16-11-17(23)18(32(33)34)10-13(16)12-25-30-20-27-19(26-15-6-4-14(24)5-7-15)28-21(29-20)31-8-2-1-3-9-31/h4-7,10-12H,1-3,8-9H2,(H2,26,27,28,29,30). The number of hydrogen-bond donors (Lipinski definition) is 2. The summed E-state index contributed by atoms with van der Waals surface area (Å²) in [5.74, 6) is 0.515. The van der Waals surface area contributed by atoms with Gasteiger partial charge >= 0.3 is 0 Å². The smallest absolute Gasteiger partial charge is 0.288 e. The number of rotatable bonds is 7. The average molecular weight is 505 g/mol. The van der Waals surface area contributed by atoms with Crippen molar-refractivity contribution in [2.45, 2.75) is 19.3 Å². The minimum atomic E-state index is -0.603. The summed E-state index contributed by atoms with van der Waals surface area (Å²) in [6.45, 7) is 1.62. The van der Waals surface area contributed by atoms with E-state index in [1.54, 1.807) is 12.1 Å². The van der Waals surface area contributed by atoms with E-state index in [1.807, 2.05) is 0 Å². The van der Waals surface area contributed by atoms with Gasteiger partial charge in [0, 0.05) is 30.4 Å². The normalized spacial score (nSPS) is 13.8. The van der Waals surface area contributed by atoms with Crippen LogP contribution in [0.1, 0.15) is 24.8 Å². The van der Waals surface area contributed by atoms with E-state index in [-0.39, 0.29) is 33.4 Å². The lowest BCUT2D eigenvalue weighted by molar-refractivity contribution is -0.384. The number of piperidine rings is 1. The number of nitrogens with one attached hydrogen (secondary N) is 2. The summed E-state index contributed by atoms with van der Waals surface area (Å²) in [6, 6.07) is 8.30. The topological polar surface area (TPSA) is 121 Å². The van der Waals surface area contributed by atoms with Gasteiger partial charge in [0.25, 0.3) is 5.69 Å². The van der Waals surface area contributed by atoms with E-state index in [1.165, 1.54) is 30.5 Å². The number of benzene rings is 2. The quantitative estimate of drug-likeness (QED) is 0.249. The lowest BCUT2D eigenvalue weighted by atomic mass is 10.1. The highest BCUT2D eigenvalue weighted by molar-refractivity contribution is 6.37. The molecule has 1 saturated heterocycles. The first-order chi connectivity index (χ1) is 16.4. The Kier molecular flexibility index (Phi) is 7.33. The Balaban J connectivity index is 1.59. The van der Waals surface area contributed by atoms with Gasteiger partial charge in [-0.3, -0.25) is 10.1 Å². The van der Waals surface area contributed by atoms with Crippen LogP contribution in [0.25, 0.3) is 0 Å². The molecule has 34 heavy (non-hydrogen) atoms. The predicted molar refractivity (Wildman–Crippen MR) is 130 cm³/mol. The Bertz CT molecular complexity index is 1220. The second kappa shape index (κ2) is 10.6. The Morgan fingerprint density at radius 1 is 1.03 bits per heavy atom. The van der Waals surface area contributed by atoms with Crippen molar-refractivity contribution >= 4 is 58.6 Å². The van der Waals surface area contributed by atoms with Gasteiger partial charge in [-0.15, -0.1) is 0 Å². The van der Waals surface area contributed by atoms with Gasteiger partial charge in [0.1, 0.15) is 10.8 Å². The van der Waals surface area contributed by atoms with Crippen LogP contribution in [-0.4, -0.2) is 39.2 Å². The molecule has 1 aromatic heterocycles. The molecule has 176 valence electrons. The summed E-state index contributed by atoms with van der Waals surface area (Å²) >= 11 is 12.0. The minimum Gasteiger partial charge on any atom is -0.341 e. The highest BCUT2D eigenvalue weighted by atomic mass is 35.5. The highest BCUT2D eigenvalue weighted by Gasteiger charge is 2.17. The van der Waals surface area contributed by atoms with Crippen molar-refractivity contribution in [1.82, 2.24) is 15.0 Å². The van der Waals surface area contributed by atoms with Crippen LogP contribution in [0.4, 0.5) is 33.6 Å². The van der Waals surface area contributed by atoms with Crippen molar-refractivity contribution in [3.63, 3.8) is 0 Å². The molecule has 2 heterocycles. The molecule has 0 radical (unpaired) electrons. The van der Waals surface area contributed by atoms with Crippen LogP contribution < -0.4 is 15.6 Å². The van der Waals surface area contributed by atoms with E-state index in [2.05, 4.69) is 35.7 Å². The van der Waals surface area contributed by atoms with E-state index >= 15 is 0 Å². The molecule has 10 nitrogen and oxygen atoms in total. The fourth-order valence-corrected chi connectivity index (χ4v) is 3.82. The molecule has 0 saturated carbocycles. The van der Waals surface area contributed by atoms with Gasteiger partial charge in [-0.05, 0) is 49.6 Å². The van der Waals surface area contributed by atoms with Crippen molar-refractivity contribution in [2.75, 3.05) is 28.7 Å². The first kappa shape index (κ1) is 23.6. The summed E-state index contributed by atoms with van der Waals surface area (Å²) in [4.78, 5) is 25.8. The lowest BCUT2D eigenvalue weighted by Crippen LogP contribution is -2.31. The fourth-order valence-electron chi connectivity index (χ4n) is 3.32. The molecular formula is C21H19Cl2FN8O2. The maximum Gasteiger partial charge on any atom is 0.288 e. The van der Waals surface area contributed by atoms with Crippen molar-refractivity contribution in [1.29, 1.82) is 0 Å². The first-order valence-electron chi connectivity index (χ1n) is 10.3. The summed E-state index contributed by atoms with van der Waals surface area (Å²) in [5, 5.41) is 18.4. The summed E-state index contributed by atoms with van der Waals surface area (Å²) in [5.41, 5.74) is 3.33. The zero-order chi connectivity index (χ0) is 24.1. The van der Waals surface area contributed by atoms with Gasteiger partial charge in [-0.25, -0.2) is 9.82 Å². The number of nitro benzene ring substituents is 1. The molecule has 1 aliphatic heterocycles. The second-order valence-corrected chi connectivity index (χ2v) is 8.23. The van der Waals surface area contributed by atoms with Gasteiger partial charge in [0.2, 0.25) is 17.8 Å². The molecular weight excluding hydrogens is 486 g/mol. The van der Waals surface area contributed by atoms with E-state index < -0.39 is 4.92 Å². The van der Waals surface area contributed by atoms with Crippen LogP contribution >= 0.6 is 23.2 Å². The second-order valence-electron chi connectivity index (χ2n) is 7.41. The van der Waals surface area contributed by atoms with E-state index in [0.29, 0.717) is 17.2 Å². The van der Waals surface area contributed by atoms with Crippen molar-refractivity contribution in [3.8, 4) is 0 Å². The number of halogens is 3. The van der Waals surface area contributed by atoms with Crippen LogP contribution in [0, 0.1) is 15.9 Å².